The number of hydrogen-bond acceptors (Lipinski definition) is 10. The molecule has 10 nitrogen and oxygen atoms in total. The average Bonchev–Trinajstić information content (AvgIpc) is 1.62. The summed E-state index contributed by atoms with van der Waals surface area (Å²) in [7, 11) is -0.720. The number of carbonyl (C=O) groups is 5. The zero-order chi connectivity index (χ0) is 99.8. The number of benzene rings is 8. The van der Waals surface area contributed by atoms with E-state index in [1.165, 1.54) is 69.0 Å². The van der Waals surface area contributed by atoms with Crippen molar-refractivity contribution < 1.29 is 48.0 Å². The van der Waals surface area contributed by atoms with Crippen molar-refractivity contribution in [3.63, 3.8) is 0 Å². The second kappa shape index (κ2) is 77.7. The molecule has 0 fully saturated rings. The summed E-state index contributed by atoms with van der Waals surface area (Å²) in [4.78, 5) is 54.4. The van der Waals surface area contributed by atoms with Gasteiger partial charge in [-0.3, -0.25) is 24.0 Å². The molecule has 8 aromatic rings. The summed E-state index contributed by atoms with van der Waals surface area (Å²) in [5.41, 5.74) is 14.3. The minimum absolute atomic E-state index is 0.00116. The molecule has 0 saturated carbocycles. The predicted octanol–water partition coefficient (Wildman–Crippen LogP) is 33.2. The van der Waals surface area contributed by atoms with Crippen LogP contribution in [0, 0.1) is 76.4 Å². The van der Waals surface area contributed by atoms with Crippen LogP contribution in [0.4, 0.5) is 0 Å². The van der Waals surface area contributed by atoms with Crippen molar-refractivity contribution in [2.75, 3.05) is 19.8 Å². The van der Waals surface area contributed by atoms with Crippen LogP contribution in [0.2, 0.25) is 25.7 Å². The van der Waals surface area contributed by atoms with Crippen molar-refractivity contribution in [3.05, 3.63) is 289 Å². The lowest BCUT2D eigenvalue weighted by Crippen LogP contribution is -2.21. The Morgan fingerprint density at radius 3 is 0.961 bits per heavy atom. The lowest BCUT2D eigenvalue weighted by Gasteiger charge is -2.17. The summed E-state index contributed by atoms with van der Waals surface area (Å²) in [5, 5.41) is 8.81. The van der Waals surface area contributed by atoms with Gasteiger partial charge in [0.1, 0.15) is 25.6 Å². The van der Waals surface area contributed by atoms with Gasteiger partial charge < -0.3 is 24.1 Å². The first-order valence-corrected chi connectivity index (χ1v) is 51.4. The summed E-state index contributed by atoms with van der Waals surface area (Å²) >= 11 is 0. The molecule has 0 aliphatic heterocycles. The second-order valence-corrected chi connectivity index (χ2v) is 45.9. The van der Waals surface area contributed by atoms with Crippen molar-refractivity contribution in [1.29, 1.82) is 0 Å². The number of carbonyl (C=O) groups excluding carboxylic acids is 5. The normalized spacial score (nSPS) is 10.7. The molecule has 722 valence electrons. The summed E-state index contributed by atoms with van der Waals surface area (Å²) < 4.78 is 20.1. The third-order valence-corrected chi connectivity index (χ3v) is 19.4. The third kappa shape index (κ3) is 80.8. The molecular formula is C118H186O10Si. The van der Waals surface area contributed by atoms with E-state index in [-0.39, 0.29) is 71.8 Å². The van der Waals surface area contributed by atoms with E-state index in [2.05, 4.69) is 323 Å². The SMILES string of the molecule is C=CCC(C)C.C=CCOC(=O)C(C)C.CC(=O)C(C)C.CC(C)(C)C.CC(C)C.CC(C)C(=O)OCC1c2ccccc2-c2ccccc21.CC(C)C(=O)OCc1ccccc1.CC(C)COC(=O)C(C)C.CC(C)C[Si](C)(C)C.CC(C)Cc1ccc(CO)cc1.CC(C)Cc1ccccc1.CC(C)c1ccccc1.CCC(C)C.c1ccc(-c2ccccc2)cc1. The van der Waals surface area contributed by atoms with E-state index in [4.69, 9.17) is 24.1 Å². The first-order chi connectivity index (χ1) is 60.2. The number of allylic oxidation sites excluding steroid dienone is 1. The molecule has 129 heavy (non-hydrogen) atoms. The Morgan fingerprint density at radius 2 is 0.690 bits per heavy atom. The maximum atomic E-state index is 11.7. The zero-order valence-electron chi connectivity index (χ0n) is 88.2. The molecule has 0 heterocycles. The van der Waals surface area contributed by atoms with Crippen LogP contribution in [0.3, 0.4) is 0 Å². The molecule has 0 unspecified atom stereocenters. The molecular weight excluding hydrogens is 1610 g/mol. The number of fused-ring (bicyclic) bond motifs is 3. The van der Waals surface area contributed by atoms with Gasteiger partial charge in [0.15, 0.2) is 0 Å². The van der Waals surface area contributed by atoms with Crippen molar-refractivity contribution in [3.8, 4) is 22.3 Å². The minimum atomic E-state index is -0.720. The number of aliphatic hydroxyl groups is 1. The number of esters is 4. The lowest BCUT2D eigenvalue weighted by molar-refractivity contribution is -0.149. The molecule has 8 aromatic carbocycles. The Kier molecular flexibility index (Phi) is 77.4. The smallest absolute Gasteiger partial charge is 0.308 e. The number of ketones is 1. The Labute approximate surface area is 793 Å². The zero-order valence-corrected chi connectivity index (χ0v) is 89.2. The molecule has 0 amide bonds. The van der Waals surface area contributed by atoms with Crippen molar-refractivity contribution in [1.82, 2.24) is 0 Å². The first kappa shape index (κ1) is 128. The van der Waals surface area contributed by atoms with E-state index >= 15 is 0 Å². The molecule has 0 aromatic heterocycles. The minimum Gasteiger partial charge on any atom is -0.465 e. The number of Topliss-reactive ketones (excluding diaryl/α,β-unsaturated/α-hetero) is 1. The van der Waals surface area contributed by atoms with E-state index < -0.39 is 8.07 Å². The van der Waals surface area contributed by atoms with Gasteiger partial charge in [0.05, 0.1) is 36.9 Å². The fourth-order valence-corrected chi connectivity index (χ4v) is 12.8. The van der Waals surface area contributed by atoms with Gasteiger partial charge in [0, 0.05) is 19.9 Å². The summed E-state index contributed by atoms with van der Waals surface area (Å²) in [6.45, 7) is 84.3. The quantitative estimate of drug-likeness (QED) is 0.0254. The van der Waals surface area contributed by atoms with Gasteiger partial charge in [-0.15, -0.1) is 6.58 Å². The lowest BCUT2D eigenvalue weighted by atomic mass is 9.98. The van der Waals surface area contributed by atoms with Crippen molar-refractivity contribution in [2.24, 2.45) is 76.4 Å². The monoisotopic (exact) mass is 1790 g/mol. The molecule has 0 atom stereocenters. The molecule has 11 heteroatoms. The number of rotatable bonds is 25. The van der Waals surface area contributed by atoms with Crippen LogP contribution in [0.15, 0.2) is 250 Å². The van der Waals surface area contributed by atoms with Crippen molar-refractivity contribution in [2.45, 2.75) is 305 Å². The highest BCUT2D eigenvalue weighted by Gasteiger charge is 2.29. The number of hydrogen-bond donors (Lipinski definition) is 1. The highest BCUT2D eigenvalue weighted by atomic mass is 28.3. The van der Waals surface area contributed by atoms with Gasteiger partial charge in [0.25, 0.3) is 0 Å². The van der Waals surface area contributed by atoms with Crippen LogP contribution in [-0.2, 0) is 69.0 Å². The molecule has 1 aliphatic rings. The first-order valence-electron chi connectivity index (χ1n) is 47.7. The van der Waals surface area contributed by atoms with Gasteiger partial charge in [-0.1, -0.05) is 497 Å². The fourth-order valence-electron chi connectivity index (χ4n) is 10.4. The largest absolute Gasteiger partial charge is 0.465 e. The molecule has 0 saturated heterocycles. The Hall–Kier alpha value is -9.03. The molecule has 1 N–H and O–H groups in total. The Bertz CT molecular complexity index is 3920. The van der Waals surface area contributed by atoms with Crippen LogP contribution in [0.25, 0.3) is 22.3 Å². The fraction of sp³-hybridized carbons (Fsp3) is 0.517. The van der Waals surface area contributed by atoms with Crippen LogP contribution < -0.4 is 0 Å². The molecule has 1 aliphatic carbocycles. The van der Waals surface area contributed by atoms with Gasteiger partial charge >= 0.3 is 23.9 Å². The van der Waals surface area contributed by atoms with Gasteiger partial charge in [-0.25, -0.2) is 0 Å². The second-order valence-electron chi connectivity index (χ2n) is 40.3. The van der Waals surface area contributed by atoms with Gasteiger partial charge in [-0.05, 0) is 140 Å². The number of aliphatic hydroxyl groups excluding tert-OH is 1. The highest BCUT2D eigenvalue weighted by molar-refractivity contribution is 6.76. The van der Waals surface area contributed by atoms with E-state index in [1.54, 1.807) is 26.8 Å². The van der Waals surface area contributed by atoms with E-state index in [0.29, 0.717) is 49.6 Å². The molecule has 9 rings (SSSR count). The highest BCUT2D eigenvalue weighted by Crippen LogP contribution is 2.44. The van der Waals surface area contributed by atoms with Crippen LogP contribution in [-0.4, -0.2) is 62.7 Å². The topological polar surface area (TPSA) is 142 Å². The van der Waals surface area contributed by atoms with Crippen LogP contribution in [0.5, 0.6) is 0 Å². The Morgan fingerprint density at radius 1 is 0.380 bits per heavy atom. The van der Waals surface area contributed by atoms with E-state index in [1.807, 2.05) is 148 Å². The van der Waals surface area contributed by atoms with Crippen LogP contribution in [0.1, 0.15) is 292 Å². The van der Waals surface area contributed by atoms with E-state index in [0.717, 1.165) is 53.6 Å². The average molecular weight is 1790 g/mol. The van der Waals surface area contributed by atoms with Crippen LogP contribution >= 0.6 is 0 Å². The summed E-state index contributed by atoms with van der Waals surface area (Å²) in [5.74, 6) is 5.86. The predicted molar refractivity (Wildman–Crippen MR) is 564 cm³/mol. The van der Waals surface area contributed by atoms with Gasteiger partial charge in [0.2, 0.25) is 0 Å². The maximum Gasteiger partial charge on any atom is 0.308 e. The standard InChI is InChI=1S/C18H18O2.C12H10.C11H14O2.C11H16O.C10H14.C9H12.C8H16O2.C7H12O2.C7H18Si.C6H12.C5H10O.2C5H12.C4H10/c1-12(2)18(19)20-11-17-15-9-5-3-7-13(15)14-8-4-6-10-16(14)17;1-3-7-11(8-4-1)12-9-5-2-6-10-12;1-9(2)11(12)13-8-10-6-4-3-5-7-10;1-9(2)7-10-3-5-11(8-12)6-4-10;1-9(2)8-10-6-4-3-5-7-10;1-8(2)9-6-4-3-5-7-9;1-6(2)5-10-8(9)7(3)4;1-4-5-9-7(8)6(2)3;1-7(2)6-8(3,4)5;1-4-5-6(2)3;1-4(2)5(3)6;1-5(2,3)4;1-4-5(2)3;1-4(2)3/h3-10,12,17H,11H2,1-2H3;1-10H;3-7,9H,8H2,1-2H3;3-6,9,12H,7-8H2,1-2H3;3-7,9H,8H2,1-2H3;3-8H,1-2H3;6-7H,5H2,1-4H3;4,6H,1,5H2,2-3H3;7H,6H2,1-5H3;4,6H,1,5H2,2-3H3;4H,1-3H3;1-4H3;5H,4H2,1-3H3;4H,1-3H3. The molecule has 0 bridgehead atoms. The molecule has 0 radical (unpaired) electrons. The van der Waals surface area contributed by atoms with Gasteiger partial charge in [-0.2, -0.15) is 0 Å². The summed E-state index contributed by atoms with van der Waals surface area (Å²) in [6, 6.07) is 77.9. The number of ether oxygens (including phenoxy) is 4. The third-order valence-electron chi connectivity index (χ3n) is 17.3. The summed E-state index contributed by atoms with van der Waals surface area (Å²) in [6.07, 6.45) is 8.26. The maximum absolute atomic E-state index is 11.7. The van der Waals surface area contributed by atoms with Crippen molar-refractivity contribution >= 4 is 37.7 Å². The molecule has 0 spiro atoms. The Balaban J connectivity index is -0.000000437. The van der Waals surface area contributed by atoms with E-state index in [9.17, 15) is 24.0 Å².